The third-order valence-corrected chi connectivity index (χ3v) is 1.72. The molecule has 0 bridgehead atoms. The first-order chi connectivity index (χ1) is 5.27. The normalized spacial score (nSPS) is 10.5. The molecule has 0 unspecified atom stereocenters. The molecule has 2 nitrogen and oxygen atoms in total. The Bertz CT molecular complexity index is 225. The van der Waals surface area contributed by atoms with Gasteiger partial charge in [-0.3, -0.25) is 4.68 Å². The van der Waals surface area contributed by atoms with Crippen molar-refractivity contribution < 1.29 is 0 Å². The van der Waals surface area contributed by atoms with Crippen LogP contribution in [0.2, 0.25) is 0 Å². The number of aromatic nitrogens is 2. The number of rotatable bonds is 3. The van der Waals surface area contributed by atoms with E-state index in [0.29, 0.717) is 0 Å². The van der Waals surface area contributed by atoms with Crippen LogP contribution in [0.3, 0.4) is 0 Å². The van der Waals surface area contributed by atoms with Gasteiger partial charge in [-0.2, -0.15) is 5.10 Å². The van der Waals surface area contributed by atoms with Crippen molar-refractivity contribution >= 4 is 0 Å². The average molecular weight is 151 g/mol. The van der Waals surface area contributed by atoms with Gasteiger partial charge in [-0.05, 0) is 32.8 Å². The van der Waals surface area contributed by atoms with E-state index in [1.807, 2.05) is 11.6 Å². The van der Waals surface area contributed by atoms with Crippen LogP contribution in [-0.4, -0.2) is 9.78 Å². The van der Waals surface area contributed by atoms with E-state index in [-0.39, 0.29) is 0 Å². The highest BCUT2D eigenvalue weighted by molar-refractivity contribution is 5.08. The van der Waals surface area contributed by atoms with Gasteiger partial charge in [-0.25, -0.2) is 0 Å². The Balaban J connectivity index is 2.83. The van der Waals surface area contributed by atoms with E-state index in [9.17, 15) is 0 Å². The van der Waals surface area contributed by atoms with Crippen molar-refractivity contribution in [2.24, 2.45) is 0 Å². The van der Waals surface area contributed by atoms with E-state index in [1.54, 1.807) is 0 Å². The van der Waals surface area contributed by atoms with E-state index in [1.165, 1.54) is 5.69 Å². The first-order valence-electron chi connectivity index (χ1n) is 4.10. The van der Waals surface area contributed by atoms with Crippen LogP contribution in [-0.2, 0) is 13.0 Å². The van der Waals surface area contributed by atoms with Crippen LogP contribution in [0, 0.1) is 13.8 Å². The van der Waals surface area contributed by atoms with Crippen molar-refractivity contribution in [2.75, 3.05) is 0 Å². The Morgan fingerprint density at radius 2 is 2.36 bits per heavy atom. The highest BCUT2D eigenvalue weighted by Gasteiger charge is 2.00. The van der Waals surface area contributed by atoms with Gasteiger partial charge in [0.25, 0.3) is 0 Å². The molecule has 2 heteroatoms. The van der Waals surface area contributed by atoms with Crippen molar-refractivity contribution in [3.8, 4) is 0 Å². The number of hydrogen-bond acceptors (Lipinski definition) is 1. The van der Waals surface area contributed by atoms with Crippen molar-refractivity contribution in [1.29, 1.82) is 0 Å². The molecule has 0 N–H and O–H groups in total. The Labute approximate surface area is 68.2 Å². The van der Waals surface area contributed by atoms with Gasteiger partial charge in [0.1, 0.15) is 0 Å². The molecule has 0 aliphatic heterocycles. The Morgan fingerprint density at radius 1 is 1.64 bits per heavy atom. The Morgan fingerprint density at radius 3 is 2.91 bits per heavy atom. The molecule has 0 saturated carbocycles. The van der Waals surface area contributed by atoms with Gasteiger partial charge in [0.05, 0.1) is 5.69 Å². The molecule has 0 aliphatic rings. The van der Waals surface area contributed by atoms with Crippen molar-refractivity contribution in [1.82, 2.24) is 9.78 Å². The quantitative estimate of drug-likeness (QED) is 0.646. The summed E-state index contributed by atoms with van der Waals surface area (Å²) in [5.74, 6) is 0. The molecule has 0 aromatic carbocycles. The van der Waals surface area contributed by atoms with Crippen LogP contribution in [0.5, 0.6) is 0 Å². The second-order valence-corrected chi connectivity index (χ2v) is 2.70. The Kier molecular flexibility index (Phi) is 2.69. The summed E-state index contributed by atoms with van der Waals surface area (Å²) < 4.78 is 2.04. The molecule has 1 heterocycles. The molecule has 1 rings (SSSR count). The van der Waals surface area contributed by atoms with Crippen LogP contribution >= 0.6 is 0 Å². The predicted octanol–water partition coefficient (Wildman–Crippen LogP) is 1.98. The maximum Gasteiger partial charge on any atom is 0.0596 e. The molecule has 0 spiro atoms. The van der Waals surface area contributed by atoms with Gasteiger partial charge in [0, 0.05) is 12.2 Å². The highest BCUT2D eigenvalue weighted by Crippen LogP contribution is 2.05. The first kappa shape index (κ1) is 8.31. The maximum atomic E-state index is 4.34. The largest absolute Gasteiger partial charge is 0.270 e. The van der Waals surface area contributed by atoms with Crippen LogP contribution in [0.15, 0.2) is 6.07 Å². The molecular weight excluding hydrogens is 136 g/mol. The van der Waals surface area contributed by atoms with E-state index < -0.39 is 0 Å². The first-order valence-corrected chi connectivity index (χ1v) is 4.10. The summed E-state index contributed by atoms with van der Waals surface area (Å²) in [4.78, 5) is 0. The zero-order valence-corrected chi connectivity index (χ0v) is 7.30. The molecular formula is C9H15N2. The number of nitrogens with zero attached hydrogens (tertiary/aromatic N) is 2. The summed E-state index contributed by atoms with van der Waals surface area (Å²) in [7, 11) is 0. The van der Waals surface area contributed by atoms with Crippen molar-refractivity contribution in [2.45, 2.75) is 33.2 Å². The molecule has 11 heavy (non-hydrogen) atoms. The standard InChI is InChI=1S/C9H15N2/c1-4-6-9-7-8(3)10-11(9)5-2/h7H,1,4-6H2,2-3H3. The smallest absolute Gasteiger partial charge is 0.0596 e. The number of aryl methyl sites for hydroxylation is 3. The van der Waals surface area contributed by atoms with Crippen LogP contribution in [0.25, 0.3) is 0 Å². The van der Waals surface area contributed by atoms with Gasteiger partial charge in [0.2, 0.25) is 0 Å². The lowest BCUT2D eigenvalue weighted by Crippen LogP contribution is -2.01. The minimum atomic E-state index is 0.950. The molecule has 1 aromatic heterocycles. The Hall–Kier alpha value is -0.790. The summed E-state index contributed by atoms with van der Waals surface area (Å²) in [6, 6.07) is 2.13. The summed E-state index contributed by atoms with van der Waals surface area (Å²) in [6.45, 7) is 8.92. The van der Waals surface area contributed by atoms with Gasteiger partial charge in [0.15, 0.2) is 0 Å². The zero-order chi connectivity index (χ0) is 8.27. The molecule has 0 fully saturated rings. The summed E-state index contributed by atoms with van der Waals surface area (Å²) in [6.07, 6.45) is 1.99. The minimum absolute atomic E-state index is 0.950. The van der Waals surface area contributed by atoms with Crippen LogP contribution in [0.1, 0.15) is 24.7 Å². The van der Waals surface area contributed by atoms with E-state index in [0.717, 1.165) is 25.1 Å². The van der Waals surface area contributed by atoms with E-state index in [4.69, 9.17) is 0 Å². The zero-order valence-electron chi connectivity index (χ0n) is 7.30. The summed E-state index contributed by atoms with van der Waals surface area (Å²) in [5, 5.41) is 4.34. The van der Waals surface area contributed by atoms with Gasteiger partial charge < -0.3 is 0 Å². The molecule has 0 saturated heterocycles. The number of hydrogen-bond donors (Lipinski definition) is 0. The fourth-order valence-corrected chi connectivity index (χ4v) is 1.26. The predicted molar refractivity (Wildman–Crippen MR) is 46.3 cm³/mol. The van der Waals surface area contributed by atoms with Crippen LogP contribution in [0.4, 0.5) is 0 Å². The average Bonchev–Trinajstić information content (AvgIpc) is 2.32. The third-order valence-electron chi connectivity index (χ3n) is 1.72. The third kappa shape index (κ3) is 1.82. The van der Waals surface area contributed by atoms with Crippen molar-refractivity contribution in [3.05, 3.63) is 24.4 Å². The molecule has 0 atom stereocenters. The lowest BCUT2D eigenvalue weighted by Gasteiger charge is -2.00. The highest BCUT2D eigenvalue weighted by atomic mass is 15.3. The molecule has 1 aromatic rings. The molecule has 0 amide bonds. The SMILES string of the molecule is [CH2]CCc1cc(C)nn1CC. The minimum Gasteiger partial charge on any atom is -0.270 e. The monoisotopic (exact) mass is 151 g/mol. The maximum absolute atomic E-state index is 4.34. The fraction of sp³-hybridized carbons (Fsp3) is 0.556. The van der Waals surface area contributed by atoms with Gasteiger partial charge in [-0.15, -0.1) is 0 Å². The summed E-state index contributed by atoms with van der Waals surface area (Å²) in [5.41, 5.74) is 2.41. The lowest BCUT2D eigenvalue weighted by molar-refractivity contribution is 0.615. The summed E-state index contributed by atoms with van der Waals surface area (Å²) >= 11 is 0. The second kappa shape index (κ2) is 3.56. The van der Waals surface area contributed by atoms with Crippen LogP contribution < -0.4 is 0 Å². The van der Waals surface area contributed by atoms with E-state index in [2.05, 4.69) is 25.0 Å². The lowest BCUT2D eigenvalue weighted by atomic mass is 10.2. The topological polar surface area (TPSA) is 17.8 Å². The van der Waals surface area contributed by atoms with E-state index >= 15 is 0 Å². The van der Waals surface area contributed by atoms with Gasteiger partial charge in [-0.1, -0.05) is 6.92 Å². The van der Waals surface area contributed by atoms with Crippen molar-refractivity contribution in [3.63, 3.8) is 0 Å². The second-order valence-electron chi connectivity index (χ2n) is 2.70. The molecule has 61 valence electrons. The molecule has 1 radical (unpaired) electrons. The van der Waals surface area contributed by atoms with Gasteiger partial charge >= 0.3 is 0 Å². The molecule has 0 aliphatic carbocycles. The fourth-order valence-electron chi connectivity index (χ4n) is 1.26.